The largest absolute Gasteiger partial charge is 0.457 e. The molecule has 9 heteroatoms. The molecule has 0 atom stereocenters. The topological polar surface area (TPSA) is 30.8 Å². The lowest BCUT2D eigenvalue weighted by Gasteiger charge is -2.10. The molecule has 0 fully saturated rings. The summed E-state index contributed by atoms with van der Waals surface area (Å²) in [5.74, 6) is 0.237. The average molecular weight is 452 g/mol. The van der Waals surface area contributed by atoms with Gasteiger partial charge in [0.25, 0.3) is 0 Å². The minimum absolute atomic E-state index is 0.0119. The maximum absolute atomic E-state index is 12.8. The molecule has 0 aromatic heterocycles. The van der Waals surface area contributed by atoms with Gasteiger partial charge in [-0.25, -0.2) is 0 Å². The first-order valence-corrected chi connectivity index (χ1v) is 9.22. The molecule has 3 rings (SSSR count). The Morgan fingerprint density at radius 3 is 2.06 bits per heavy atom. The third-order valence-electron chi connectivity index (χ3n) is 4.32. The molecule has 0 saturated heterocycles. The lowest BCUT2D eigenvalue weighted by Crippen LogP contribution is -2.04. The summed E-state index contributed by atoms with van der Waals surface area (Å²) in [6.07, 6.45) is -8.88. The smallest absolute Gasteiger partial charge is 0.416 e. The van der Waals surface area contributed by atoms with Crippen LogP contribution in [0.15, 0.2) is 71.9 Å². The fourth-order valence-electron chi connectivity index (χ4n) is 2.62. The molecule has 1 radical (unpaired) electrons. The van der Waals surface area contributed by atoms with Crippen LogP contribution in [0.5, 0.6) is 11.5 Å². The highest BCUT2D eigenvalue weighted by Gasteiger charge is 2.31. The van der Waals surface area contributed by atoms with Crippen LogP contribution in [0.3, 0.4) is 0 Å². The van der Waals surface area contributed by atoms with Gasteiger partial charge in [-0.15, -0.1) is 0 Å². The van der Waals surface area contributed by atoms with Crippen molar-refractivity contribution in [1.29, 1.82) is 0 Å². The summed E-state index contributed by atoms with van der Waals surface area (Å²) in [6.45, 7) is 1.66. The summed E-state index contributed by atoms with van der Waals surface area (Å²) in [6, 6.07) is 16.4. The van der Waals surface area contributed by atoms with Crippen molar-refractivity contribution in [3.8, 4) is 11.5 Å². The molecule has 0 heterocycles. The minimum atomic E-state index is -4.48. The van der Waals surface area contributed by atoms with Crippen molar-refractivity contribution in [2.45, 2.75) is 25.9 Å². The number of nitrogens with zero attached hydrogens (tertiary/aromatic N) is 1. The van der Waals surface area contributed by atoms with E-state index in [-0.39, 0.29) is 12.4 Å². The van der Waals surface area contributed by atoms with Gasteiger partial charge in [0.15, 0.2) is 0 Å². The predicted molar refractivity (Wildman–Crippen MR) is 105 cm³/mol. The lowest BCUT2D eigenvalue weighted by atomic mass is 10.1. The van der Waals surface area contributed by atoms with E-state index in [2.05, 4.69) is 11.2 Å². The highest BCUT2D eigenvalue weighted by atomic mass is 19.4. The molecule has 0 aliphatic rings. The van der Waals surface area contributed by atoms with Gasteiger partial charge < -0.3 is 9.57 Å². The quantitative estimate of drug-likeness (QED) is 0.224. The highest BCUT2D eigenvalue weighted by molar-refractivity contribution is 5.98. The fraction of sp³-hybridized carbons (Fsp3) is 0.174. The van der Waals surface area contributed by atoms with E-state index < -0.39 is 23.5 Å². The Bertz CT molecular complexity index is 1070. The summed E-state index contributed by atoms with van der Waals surface area (Å²) < 4.78 is 81.5. The molecule has 3 aromatic rings. The zero-order valence-corrected chi connectivity index (χ0v) is 16.6. The Balaban J connectivity index is 1.59. The number of alkyl halides is 6. The number of halogens is 6. The molecule has 3 nitrogen and oxygen atoms in total. The molecule has 32 heavy (non-hydrogen) atoms. The van der Waals surface area contributed by atoms with Crippen LogP contribution in [0.4, 0.5) is 26.3 Å². The van der Waals surface area contributed by atoms with Gasteiger partial charge in [-0.3, -0.25) is 0 Å². The number of hydrogen-bond donors (Lipinski definition) is 0. The molecule has 0 N–H and O–H groups in total. The summed E-state index contributed by atoms with van der Waals surface area (Å²) in [7, 11) is 0. The molecule has 3 aromatic carbocycles. The SMILES string of the molecule is CC(=NOCc1ccc(C(F)(F)F)cc1)c1ccc(Oc2[c]ccc(C(F)(F)F)c2)cc1. The van der Waals surface area contributed by atoms with Crippen LogP contribution in [0.25, 0.3) is 0 Å². The highest BCUT2D eigenvalue weighted by Crippen LogP contribution is 2.32. The maximum atomic E-state index is 12.8. The second-order valence-corrected chi connectivity index (χ2v) is 6.71. The fourth-order valence-corrected chi connectivity index (χ4v) is 2.62. The van der Waals surface area contributed by atoms with Crippen LogP contribution in [0.1, 0.15) is 29.2 Å². The van der Waals surface area contributed by atoms with Crippen molar-refractivity contribution in [3.63, 3.8) is 0 Å². The molecule has 0 aliphatic heterocycles. The first-order chi connectivity index (χ1) is 15.0. The zero-order chi connectivity index (χ0) is 23.4. The first-order valence-electron chi connectivity index (χ1n) is 9.22. The Kier molecular flexibility index (Phi) is 6.76. The van der Waals surface area contributed by atoms with E-state index in [0.29, 0.717) is 22.6 Å². The van der Waals surface area contributed by atoms with Gasteiger partial charge in [-0.05, 0) is 72.6 Å². The lowest BCUT2D eigenvalue weighted by molar-refractivity contribution is -0.138. The number of hydrogen-bond acceptors (Lipinski definition) is 3. The molecule has 0 amide bonds. The van der Waals surface area contributed by atoms with Gasteiger partial charge in [0.05, 0.1) is 16.8 Å². The Labute approximate surface area is 179 Å². The van der Waals surface area contributed by atoms with E-state index >= 15 is 0 Å². The summed E-state index contributed by atoms with van der Waals surface area (Å²) in [5, 5.41) is 3.94. The number of oxime groups is 1. The Morgan fingerprint density at radius 1 is 0.844 bits per heavy atom. The van der Waals surface area contributed by atoms with Crippen LogP contribution in [-0.4, -0.2) is 5.71 Å². The van der Waals surface area contributed by atoms with Crippen LogP contribution in [-0.2, 0) is 23.8 Å². The summed E-state index contributed by atoms with van der Waals surface area (Å²) in [4.78, 5) is 5.20. The van der Waals surface area contributed by atoms with E-state index in [1.807, 2.05) is 0 Å². The van der Waals surface area contributed by atoms with Crippen molar-refractivity contribution in [2.24, 2.45) is 5.16 Å². The van der Waals surface area contributed by atoms with Crippen LogP contribution in [0.2, 0.25) is 0 Å². The van der Waals surface area contributed by atoms with Gasteiger partial charge in [0.2, 0.25) is 0 Å². The Hall–Kier alpha value is -3.49. The zero-order valence-electron chi connectivity index (χ0n) is 16.6. The normalized spacial score (nSPS) is 12.5. The standard InChI is InChI=1S/C23H16F6NO2/c1-15(30-31-14-16-5-9-18(10-6-16)22(24,25)26)17-7-11-20(12-8-17)32-21-4-2-3-19(13-21)23(27,28)29/h2-3,5-13H,14H2,1H3. The van der Waals surface area contributed by atoms with Crippen molar-refractivity contribution >= 4 is 5.71 Å². The molecule has 0 bridgehead atoms. The van der Waals surface area contributed by atoms with Gasteiger partial charge >= 0.3 is 12.4 Å². The second-order valence-electron chi connectivity index (χ2n) is 6.71. The predicted octanol–water partition coefficient (Wildman–Crippen LogP) is 7.26. The average Bonchev–Trinajstić information content (AvgIpc) is 2.73. The monoisotopic (exact) mass is 452 g/mol. The second kappa shape index (κ2) is 9.33. The third-order valence-corrected chi connectivity index (χ3v) is 4.32. The van der Waals surface area contributed by atoms with Crippen LogP contribution >= 0.6 is 0 Å². The molecule has 0 unspecified atom stereocenters. The van der Waals surface area contributed by atoms with Gasteiger partial charge in [0.1, 0.15) is 18.1 Å². The third kappa shape index (κ3) is 6.26. The van der Waals surface area contributed by atoms with Crippen molar-refractivity contribution in [2.75, 3.05) is 0 Å². The molecular formula is C23H16F6NO2. The summed E-state index contributed by atoms with van der Waals surface area (Å²) >= 11 is 0. The molecule has 167 valence electrons. The van der Waals surface area contributed by atoms with Crippen LogP contribution < -0.4 is 4.74 Å². The van der Waals surface area contributed by atoms with Gasteiger partial charge in [-0.1, -0.05) is 17.3 Å². The van der Waals surface area contributed by atoms with E-state index in [1.54, 1.807) is 31.2 Å². The maximum Gasteiger partial charge on any atom is 0.416 e. The van der Waals surface area contributed by atoms with Gasteiger partial charge in [0, 0.05) is 6.07 Å². The van der Waals surface area contributed by atoms with E-state index in [1.165, 1.54) is 12.1 Å². The van der Waals surface area contributed by atoms with E-state index in [4.69, 9.17) is 9.57 Å². The van der Waals surface area contributed by atoms with E-state index in [0.717, 1.165) is 30.3 Å². The Morgan fingerprint density at radius 2 is 1.47 bits per heavy atom. The van der Waals surface area contributed by atoms with E-state index in [9.17, 15) is 26.3 Å². The van der Waals surface area contributed by atoms with Crippen molar-refractivity contribution in [1.82, 2.24) is 0 Å². The summed E-state index contributed by atoms with van der Waals surface area (Å²) in [5.41, 5.74) is 0.101. The van der Waals surface area contributed by atoms with Crippen LogP contribution in [0, 0.1) is 6.07 Å². The molecular weight excluding hydrogens is 436 g/mol. The van der Waals surface area contributed by atoms with Crippen molar-refractivity contribution in [3.05, 3.63) is 95.1 Å². The first kappa shape index (κ1) is 23.2. The number of rotatable bonds is 6. The molecule has 0 aliphatic carbocycles. The van der Waals surface area contributed by atoms with Crippen molar-refractivity contribution < 1.29 is 35.9 Å². The molecule has 0 spiro atoms. The number of ether oxygens (including phenoxy) is 1. The minimum Gasteiger partial charge on any atom is -0.457 e. The van der Waals surface area contributed by atoms with Gasteiger partial charge in [-0.2, -0.15) is 26.3 Å². The molecule has 0 saturated carbocycles. The number of benzene rings is 3.